The van der Waals surface area contributed by atoms with E-state index < -0.39 is 6.04 Å². The van der Waals surface area contributed by atoms with Crippen molar-refractivity contribution in [2.45, 2.75) is 18.9 Å². The Morgan fingerprint density at radius 3 is 3.13 bits per heavy atom. The minimum atomic E-state index is -0.648. The number of nitrogens with one attached hydrogen (secondary N) is 1. The summed E-state index contributed by atoms with van der Waals surface area (Å²) in [5.41, 5.74) is 0.600. The molecule has 2 heterocycles. The number of halogens is 1. The van der Waals surface area contributed by atoms with Crippen molar-refractivity contribution < 1.29 is 9.28 Å². The molecule has 1 atom stereocenters. The number of nitrogens with zero attached hydrogens (tertiary/aromatic N) is 2. The number of amides is 1. The third-order valence-corrected chi connectivity index (χ3v) is 2.42. The highest BCUT2D eigenvalue weighted by atomic mass is 19.2. The zero-order chi connectivity index (χ0) is 10.7. The van der Waals surface area contributed by atoms with Gasteiger partial charge in [-0.2, -0.15) is 0 Å². The van der Waals surface area contributed by atoms with E-state index in [9.17, 15) is 9.28 Å². The molecule has 1 fully saturated rings. The summed E-state index contributed by atoms with van der Waals surface area (Å²) in [5.74, 6) is -0.303. The summed E-state index contributed by atoms with van der Waals surface area (Å²) in [6.07, 6.45) is 4.45. The van der Waals surface area contributed by atoms with E-state index in [1.54, 1.807) is 18.3 Å². The Balaban J connectivity index is 1.98. The molecule has 0 bridgehead atoms. The number of hydrogen-bond acceptors (Lipinski definition) is 3. The van der Waals surface area contributed by atoms with Gasteiger partial charge in [0.25, 0.3) is 0 Å². The van der Waals surface area contributed by atoms with Crippen LogP contribution in [0.1, 0.15) is 12.8 Å². The van der Waals surface area contributed by atoms with E-state index in [1.807, 2.05) is 0 Å². The molecule has 0 radical (unpaired) electrons. The molecule has 1 aromatic rings. The molecule has 0 aromatic carbocycles. The fraction of sp³-hybridized carbons (Fsp3) is 0.400. The van der Waals surface area contributed by atoms with E-state index in [1.165, 1.54) is 6.20 Å². The van der Waals surface area contributed by atoms with Gasteiger partial charge in [0.2, 0.25) is 5.91 Å². The van der Waals surface area contributed by atoms with E-state index in [2.05, 4.69) is 10.3 Å². The number of hydrogen-bond donors (Lipinski definition) is 1. The summed E-state index contributed by atoms with van der Waals surface area (Å²) in [7, 11) is 0. The molecule has 1 aliphatic heterocycles. The number of carbonyl (C=O) groups is 1. The lowest BCUT2D eigenvalue weighted by Gasteiger charge is -2.14. The quantitative estimate of drug-likeness (QED) is 0.748. The first-order valence-electron chi connectivity index (χ1n) is 4.90. The average Bonchev–Trinajstić information content (AvgIpc) is 2.66. The van der Waals surface area contributed by atoms with Gasteiger partial charge in [0, 0.05) is 12.7 Å². The van der Waals surface area contributed by atoms with E-state index in [-0.39, 0.29) is 5.91 Å². The fourth-order valence-electron chi connectivity index (χ4n) is 1.65. The molecule has 0 saturated carbocycles. The van der Waals surface area contributed by atoms with Crippen LogP contribution in [0.3, 0.4) is 0 Å². The normalized spacial score (nSPS) is 21.5. The molecule has 5 heteroatoms. The van der Waals surface area contributed by atoms with Crippen LogP contribution in [0.4, 0.5) is 10.2 Å². The molecule has 1 amide bonds. The summed E-state index contributed by atoms with van der Waals surface area (Å²) < 4.78 is 13.1. The Morgan fingerprint density at radius 2 is 2.53 bits per heavy atom. The highest BCUT2D eigenvalue weighted by molar-refractivity contribution is 5.94. The first-order valence-corrected chi connectivity index (χ1v) is 4.90. The highest BCUT2D eigenvalue weighted by Gasteiger charge is 2.30. The molecule has 15 heavy (non-hydrogen) atoms. The molecule has 0 aliphatic carbocycles. The van der Waals surface area contributed by atoms with Gasteiger partial charge in [0.15, 0.2) is 0 Å². The molecule has 1 saturated heterocycles. The third-order valence-electron chi connectivity index (χ3n) is 2.42. The van der Waals surface area contributed by atoms with Crippen LogP contribution in [-0.4, -0.2) is 28.6 Å². The second kappa shape index (κ2) is 4.35. The minimum Gasteiger partial charge on any atom is -0.323 e. The summed E-state index contributed by atoms with van der Waals surface area (Å²) in [4.78, 5) is 15.5. The zero-order valence-corrected chi connectivity index (χ0v) is 8.19. The molecule has 1 aromatic heterocycles. The van der Waals surface area contributed by atoms with Crippen LogP contribution in [0.25, 0.3) is 0 Å². The Labute approximate surface area is 87.0 Å². The zero-order valence-electron chi connectivity index (χ0n) is 8.19. The van der Waals surface area contributed by atoms with E-state index >= 15 is 0 Å². The van der Waals surface area contributed by atoms with Crippen molar-refractivity contribution >= 4 is 11.6 Å². The largest absolute Gasteiger partial charge is 0.323 e. The molecule has 2 rings (SSSR count). The number of aromatic nitrogens is 1. The van der Waals surface area contributed by atoms with E-state index in [4.69, 9.17) is 0 Å². The monoisotopic (exact) mass is 209 g/mol. The van der Waals surface area contributed by atoms with Crippen molar-refractivity contribution in [3.05, 3.63) is 24.5 Å². The lowest BCUT2D eigenvalue weighted by atomic mass is 10.2. The van der Waals surface area contributed by atoms with Crippen LogP contribution in [0.2, 0.25) is 0 Å². The van der Waals surface area contributed by atoms with Gasteiger partial charge in [-0.25, -0.2) is 0 Å². The van der Waals surface area contributed by atoms with Crippen LogP contribution < -0.4 is 5.32 Å². The van der Waals surface area contributed by atoms with Gasteiger partial charge in [-0.3, -0.25) is 9.78 Å². The van der Waals surface area contributed by atoms with Crippen LogP contribution in [-0.2, 0) is 4.79 Å². The molecule has 4 nitrogen and oxygen atoms in total. The minimum absolute atomic E-state index is 0.303. The first kappa shape index (κ1) is 10.0. The predicted molar refractivity (Wildman–Crippen MR) is 53.7 cm³/mol. The van der Waals surface area contributed by atoms with Crippen molar-refractivity contribution in [1.82, 2.24) is 10.1 Å². The second-order valence-corrected chi connectivity index (χ2v) is 3.51. The maximum Gasteiger partial charge on any atom is 0.244 e. The lowest BCUT2D eigenvalue weighted by Crippen LogP contribution is -2.34. The lowest BCUT2D eigenvalue weighted by molar-refractivity contribution is -0.125. The smallest absolute Gasteiger partial charge is 0.244 e. The number of anilines is 1. The van der Waals surface area contributed by atoms with Crippen LogP contribution in [0.15, 0.2) is 24.5 Å². The van der Waals surface area contributed by atoms with Crippen molar-refractivity contribution in [2.75, 3.05) is 11.9 Å². The highest BCUT2D eigenvalue weighted by Crippen LogP contribution is 2.18. The maximum absolute atomic E-state index is 13.1. The average molecular weight is 209 g/mol. The SMILES string of the molecule is O=C(Nc1cccnc1)C1CCCN1F. The summed E-state index contributed by atoms with van der Waals surface area (Å²) in [6.45, 7) is 0.338. The summed E-state index contributed by atoms with van der Waals surface area (Å²) in [5, 5.41) is 3.22. The van der Waals surface area contributed by atoms with Crippen molar-refractivity contribution in [3.63, 3.8) is 0 Å². The van der Waals surface area contributed by atoms with Crippen LogP contribution >= 0.6 is 0 Å². The Bertz CT molecular complexity index is 344. The molecule has 1 unspecified atom stereocenters. The standard InChI is InChI=1S/C10H12FN3O/c11-14-6-2-4-9(14)10(15)13-8-3-1-5-12-7-8/h1,3,5,7,9H,2,4,6H2,(H,13,15). The Hall–Kier alpha value is -1.49. The van der Waals surface area contributed by atoms with Gasteiger partial charge in [-0.1, -0.05) is 0 Å². The predicted octanol–water partition coefficient (Wildman–Crippen LogP) is 1.37. The van der Waals surface area contributed by atoms with Gasteiger partial charge in [0.05, 0.1) is 11.9 Å². The molecular formula is C10H12FN3O. The number of rotatable bonds is 2. The first-order chi connectivity index (χ1) is 7.27. The van der Waals surface area contributed by atoms with Gasteiger partial charge in [0.1, 0.15) is 6.04 Å². The van der Waals surface area contributed by atoms with E-state index in [0.717, 1.165) is 6.42 Å². The second-order valence-electron chi connectivity index (χ2n) is 3.51. The van der Waals surface area contributed by atoms with Crippen molar-refractivity contribution in [2.24, 2.45) is 0 Å². The number of pyridine rings is 1. The molecule has 0 spiro atoms. The molecule has 1 N–H and O–H groups in total. The Morgan fingerprint density at radius 1 is 1.67 bits per heavy atom. The van der Waals surface area contributed by atoms with Gasteiger partial charge >= 0.3 is 0 Å². The topological polar surface area (TPSA) is 45.2 Å². The molecule has 80 valence electrons. The number of carbonyl (C=O) groups excluding carboxylic acids is 1. The van der Waals surface area contributed by atoms with E-state index in [0.29, 0.717) is 23.8 Å². The van der Waals surface area contributed by atoms with Gasteiger partial charge < -0.3 is 5.32 Å². The fourth-order valence-corrected chi connectivity index (χ4v) is 1.65. The van der Waals surface area contributed by atoms with Crippen molar-refractivity contribution in [3.8, 4) is 0 Å². The molecule has 1 aliphatic rings. The summed E-state index contributed by atoms with van der Waals surface area (Å²) in [6, 6.07) is 2.80. The maximum atomic E-state index is 13.1. The summed E-state index contributed by atoms with van der Waals surface area (Å²) >= 11 is 0. The van der Waals surface area contributed by atoms with Gasteiger partial charge in [-0.05, 0) is 25.0 Å². The Kier molecular flexibility index (Phi) is 2.91. The van der Waals surface area contributed by atoms with Crippen LogP contribution in [0.5, 0.6) is 0 Å². The van der Waals surface area contributed by atoms with Crippen molar-refractivity contribution in [1.29, 1.82) is 0 Å². The molecular weight excluding hydrogens is 197 g/mol. The van der Waals surface area contributed by atoms with Gasteiger partial charge in [-0.15, -0.1) is 9.60 Å². The third kappa shape index (κ3) is 2.30. The van der Waals surface area contributed by atoms with Crippen LogP contribution in [0, 0.1) is 0 Å².